The molecule has 0 bridgehead atoms. The third-order valence-electron chi connectivity index (χ3n) is 4.88. The Morgan fingerprint density at radius 3 is 2.15 bits per heavy atom. The lowest BCUT2D eigenvalue weighted by atomic mass is 10.1. The van der Waals surface area contributed by atoms with Gasteiger partial charge in [0.1, 0.15) is 11.5 Å². The van der Waals surface area contributed by atoms with Gasteiger partial charge in [0.25, 0.3) is 15.9 Å². The Labute approximate surface area is 194 Å². The van der Waals surface area contributed by atoms with Gasteiger partial charge in [0, 0.05) is 11.4 Å². The van der Waals surface area contributed by atoms with Crippen molar-refractivity contribution in [3.05, 3.63) is 77.9 Å². The predicted molar refractivity (Wildman–Crippen MR) is 130 cm³/mol. The van der Waals surface area contributed by atoms with Crippen molar-refractivity contribution in [2.24, 2.45) is 0 Å². The highest BCUT2D eigenvalue weighted by Gasteiger charge is 2.16. The predicted octanol–water partition coefficient (Wildman–Crippen LogP) is 4.77. The number of amides is 1. The molecule has 3 aromatic carbocycles. The van der Waals surface area contributed by atoms with E-state index in [-0.39, 0.29) is 17.4 Å². The molecule has 0 spiro atoms. The molecule has 0 aliphatic heterocycles. The average Bonchev–Trinajstić information content (AvgIpc) is 2.80. The minimum absolute atomic E-state index is 0.0988. The average molecular weight is 469 g/mol. The fourth-order valence-electron chi connectivity index (χ4n) is 3.12. The first kappa shape index (κ1) is 24.1. The van der Waals surface area contributed by atoms with Gasteiger partial charge in [-0.3, -0.25) is 9.52 Å². The molecule has 174 valence electrons. The molecule has 0 unspecified atom stereocenters. The van der Waals surface area contributed by atoms with Crippen molar-refractivity contribution in [1.29, 1.82) is 0 Å². The Morgan fingerprint density at radius 2 is 1.55 bits per heavy atom. The Hall–Kier alpha value is -3.52. The van der Waals surface area contributed by atoms with Gasteiger partial charge >= 0.3 is 0 Å². The van der Waals surface area contributed by atoms with Gasteiger partial charge in [0.05, 0.1) is 11.5 Å². The Kier molecular flexibility index (Phi) is 7.95. The number of ether oxygens (including phenoxy) is 2. The fraction of sp³-hybridized carbons (Fsp3) is 0.240. The SMILES string of the molecule is CCOc1ccc(NS(=O)(=O)c2ccc(OCC(=O)Nc3ccc(CC)cc3)c(C)c2)cc1. The van der Waals surface area contributed by atoms with Gasteiger partial charge < -0.3 is 14.8 Å². The molecule has 0 saturated carbocycles. The number of benzene rings is 3. The van der Waals surface area contributed by atoms with Crippen molar-refractivity contribution in [3.63, 3.8) is 0 Å². The number of hydrogen-bond acceptors (Lipinski definition) is 5. The molecule has 0 heterocycles. The Morgan fingerprint density at radius 1 is 0.879 bits per heavy atom. The molecule has 0 aromatic heterocycles. The first-order valence-corrected chi connectivity index (χ1v) is 12.2. The van der Waals surface area contributed by atoms with Crippen LogP contribution in [0.1, 0.15) is 25.0 Å². The molecule has 0 saturated heterocycles. The van der Waals surface area contributed by atoms with Crippen LogP contribution in [0.4, 0.5) is 11.4 Å². The summed E-state index contributed by atoms with van der Waals surface area (Å²) in [6.45, 7) is 6.02. The lowest BCUT2D eigenvalue weighted by Gasteiger charge is -2.13. The normalized spacial score (nSPS) is 11.0. The summed E-state index contributed by atoms with van der Waals surface area (Å²) in [6.07, 6.45) is 0.929. The van der Waals surface area contributed by atoms with E-state index in [4.69, 9.17) is 9.47 Å². The maximum absolute atomic E-state index is 12.7. The lowest BCUT2D eigenvalue weighted by molar-refractivity contribution is -0.118. The number of sulfonamides is 1. The van der Waals surface area contributed by atoms with Crippen molar-refractivity contribution in [2.45, 2.75) is 32.1 Å². The van der Waals surface area contributed by atoms with Crippen molar-refractivity contribution in [3.8, 4) is 11.5 Å². The van der Waals surface area contributed by atoms with Crippen LogP contribution in [0.25, 0.3) is 0 Å². The first-order chi connectivity index (χ1) is 15.8. The van der Waals surface area contributed by atoms with Crippen LogP contribution in [0.5, 0.6) is 11.5 Å². The number of aryl methyl sites for hydroxylation is 2. The standard InChI is InChI=1S/C25H28N2O5S/c1-4-19-6-8-20(9-7-19)26-25(28)17-32-24-15-14-23(16-18(24)3)33(29,30)27-21-10-12-22(13-11-21)31-5-2/h6-16,27H,4-5,17H2,1-3H3,(H,26,28). The van der Waals surface area contributed by atoms with Crippen molar-refractivity contribution in [2.75, 3.05) is 23.3 Å². The summed E-state index contributed by atoms with van der Waals surface area (Å²) >= 11 is 0. The van der Waals surface area contributed by atoms with Crippen molar-refractivity contribution in [1.82, 2.24) is 0 Å². The lowest BCUT2D eigenvalue weighted by Crippen LogP contribution is -2.20. The van der Waals surface area contributed by atoms with Gasteiger partial charge in [0.2, 0.25) is 0 Å². The largest absolute Gasteiger partial charge is 0.494 e. The second kappa shape index (κ2) is 10.9. The number of hydrogen-bond donors (Lipinski definition) is 2. The molecular formula is C25H28N2O5S. The van der Waals surface area contributed by atoms with E-state index < -0.39 is 10.0 Å². The van der Waals surface area contributed by atoms with E-state index in [2.05, 4.69) is 17.0 Å². The van der Waals surface area contributed by atoms with Crippen LogP contribution < -0.4 is 19.5 Å². The van der Waals surface area contributed by atoms with Crippen LogP contribution in [-0.4, -0.2) is 27.5 Å². The maximum Gasteiger partial charge on any atom is 0.262 e. The molecule has 0 atom stereocenters. The summed E-state index contributed by atoms with van der Waals surface area (Å²) in [5, 5.41) is 2.78. The van der Waals surface area contributed by atoms with E-state index in [0.717, 1.165) is 6.42 Å². The molecule has 2 N–H and O–H groups in total. The molecule has 0 fully saturated rings. The van der Waals surface area contributed by atoms with E-state index in [9.17, 15) is 13.2 Å². The van der Waals surface area contributed by atoms with Crippen LogP contribution in [0.2, 0.25) is 0 Å². The van der Waals surface area contributed by atoms with Gasteiger partial charge in [-0.25, -0.2) is 8.42 Å². The van der Waals surface area contributed by atoms with Crippen LogP contribution in [0.15, 0.2) is 71.6 Å². The summed E-state index contributed by atoms with van der Waals surface area (Å²) in [7, 11) is -3.78. The number of carbonyl (C=O) groups is 1. The summed E-state index contributed by atoms with van der Waals surface area (Å²) in [4.78, 5) is 12.3. The van der Waals surface area contributed by atoms with Gasteiger partial charge in [-0.2, -0.15) is 0 Å². The van der Waals surface area contributed by atoms with Gasteiger partial charge in [-0.05, 0) is 86.0 Å². The van der Waals surface area contributed by atoms with E-state index >= 15 is 0 Å². The number of rotatable bonds is 10. The summed E-state index contributed by atoms with van der Waals surface area (Å²) in [5.41, 5.74) is 2.91. The molecule has 0 aliphatic rings. The van der Waals surface area contributed by atoms with Crippen LogP contribution in [0, 0.1) is 6.92 Å². The molecule has 7 nitrogen and oxygen atoms in total. The molecule has 3 aromatic rings. The smallest absolute Gasteiger partial charge is 0.262 e. The highest BCUT2D eigenvalue weighted by molar-refractivity contribution is 7.92. The molecule has 3 rings (SSSR count). The Balaban J connectivity index is 1.60. The van der Waals surface area contributed by atoms with E-state index in [1.807, 2.05) is 31.2 Å². The molecule has 8 heteroatoms. The monoisotopic (exact) mass is 468 g/mol. The Bertz CT molecular complexity index is 1190. The molecule has 0 aliphatic carbocycles. The summed E-state index contributed by atoms with van der Waals surface area (Å²) in [5.74, 6) is 0.804. The second-order valence-electron chi connectivity index (χ2n) is 7.38. The third-order valence-corrected chi connectivity index (χ3v) is 6.26. The second-order valence-corrected chi connectivity index (χ2v) is 9.06. The highest BCUT2D eigenvalue weighted by Crippen LogP contribution is 2.24. The fourth-order valence-corrected chi connectivity index (χ4v) is 4.26. The quantitative estimate of drug-likeness (QED) is 0.447. The zero-order valence-corrected chi connectivity index (χ0v) is 19.7. The number of nitrogens with one attached hydrogen (secondary N) is 2. The summed E-state index contributed by atoms with van der Waals surface area (Å²) in [6, 6.07) is 18.8. The molecule has 33 heavy (non-hydrogen) atoms. The van der Waals surface area contributed by atoms with Crippen molar-refractivity contribution < 1.29 is 22.7 Å². The minimum atomic E-state index is -3.78. The summed E-state index contributed by atoms with van der Waals surface area (Å²) < 4.78 is 39.0. The van der Waals surface area contributed by atoms with Gasteiger partial charge in [-0.15, -0.1) is 0 Å². The van der Waals surface area contributed by atoms with Crippen molar-refractivity contribution >= 4 is 27.3 Å². The molecule has 1 amide bonds. The molecular weight excluding hydrogens is 440 g/mol. The van der Waals surface area contributed by atoms with Gasteiger partial charge in [-0.1, -0.05) is 19.1 Å². The third kappa shape index (κ3) is 6.73. The van der Waals surface area contributed by atoms with Gasteiger partial charge in [0.15, 0.2) is 6.61 Å². The van der Waals surface area contributed by atoms with E-state index in [1.165, 1.54) is 17.7 Å². The topological polar surface area (TPSA) is 93.7 Å². The zero-order valence-electron chi connectivity index (χ0n) is 18.9. The molecule has 0 radical (unpaired) electrons. The van der Waals surface area contributed by atoms with Crippen LogP contribution in [-0.2, 0) is 21.2 Å². The van der Waals surface area contributed by atoms with Crippen LogP contribution >= 0.6 is 0 Å². The zero-order chi connectivity index (χ0) is 23.8. The highest BCUT2D eigenvalue weighted by atomic mass is 32.2. The van der Waals surface area contributed by atoms with Crippen LogP contribution in [0.3, 0.4) is 0 Å². The first-order valence-electron chi connectivity index (χ1n) is 10.7. The minimum Gasteiger partial charge on any atom is -0.494 e. The maximum atomic E-state index is 12.7. The number of anilines is 2. The van der Waals surface area contributed by atoms with E-state index in [1.54, 1.807) is 37.3 Å². The van der Waals surface area contributed by atoms with E-state index in [0.29, 0.717) is 35.0 Å². The number of carbonyl (C=O) groups excluding carboxylic acids is 1.